The normalized spacial score (nSPS) is 15.2. The van der Waals surface area contributed by atoms with E-state index < -0.39 is 6.04 Å². The maximum absolute atomic E-state index is 11.8. The Morgan fingerprint density at radius 3 is 2.30 bits per heavy atom. The van der Waals surface area contributed by atoms with Gasteiger partial charge in [0.05, 0.1) is 11.7 Å². The molecule has 1 aromatic heterocycles. The quantitative estimate of drug-likeness (QED) is 0.513. The minimum absolute atomic E-state index is 0.217. The number of amides is 1. The molecule has 0 unspecified atom stereocenters. The second kappa shape index (κ2) is 10.4. The number of nitrogens with zero attached hydrogens (tertiary/aromatic N) is 4. The lowest BCUT2D eigenvalue weighted by Gasteiger charge is -2.35. The molecule has 2 heterocycles. The fourth-order valence-corrected chi connectivity index (χ4v) is 3.77. The van der Waals surface area contributed by atoms with Crippen LogP contribution in [0.15, 0.2) is 60.8 Å². The Balaban J connectivity index is 1.39. The maximum atomic E-state index is 11.8. The van der Waals surface area contributed by atoms with E-state index in [9.17, 15) is 4.79 Å². The van der Waals surface area contributed by atoms with Gasteiger partial charge in [0.25, 0.3) is 0 Å². The van der Waals surface area contributed by atoms with Crippen molar-refractivity contribution in [2.45, 2.75) is 19.9 Å². The van der Waals surface area contributed by atoms with Gasteiger partial charge in [-0.25, -0.2) is 9.97 Å². The number of aromatic nitrogens is 2. The molecule has 33 heavy (non-hydrogen) atoms. The zero-order chi connectivity index (χ0) is 23.2. The first kappa shape index (κ1) is 22.7. The summed E-state index contributed by atoms with van der Waals surface area (Å²) in [7, 11) is 0. The van der Waals surface area contributed by atoms with E-state index >= 15 is 0 Å². The highest BCUT2D eigenvalue weighted by molar-refractivity contribution is 5.94. The molecule has 4 rings (SSSR count). The highest BCUT2D eigenvalue weighted by Crippen LogP contribution is 2.23. The summed E-state index contributed by atoms with van der Waals surface area (Å²) < 4.78 is 0. The fourth-order valence-electron chi connectivity index (χ4n) is 3.77. The predicted octanol–water partition coefficient (Wildman–Crippen LogP) is 3.31. The van der Waals surface area contributed by atoms with Gasteiger partial charge in [0.1, 0.15) is 0 Å². The van der Waals surface area contributed by atoms with Crippen LogP contribution < -0.4 is 21.3 Å². The zero-order valence-electron chi connectivity index (χ0n) is 19.2. The third-order valence-electron chi connectivity index (χ3n) is 5.83. The second-order valence-corrected chi connectivity index (χ2v) is 8.21. The Morgan fingerprint density at radius 2 is 1.67 bits per heavy atom. The van der Waals surface area contributed by atoms with Crippen LogP contribution in [-0.4, -0.2) is 59.5 Å². The van der Waals surface area contributed by atoms with E-state index in [4.69, 9.17) is 5.73 Å². The van der Waals surface area contributed by atoms with Crippen LogP contribution in [0.25, 0.3) is 11.3 Å². The summed E-state index contributed by atoms with van der Waals surface area (Å²) in [6, 6.07) is 17.2. The Kier molecular flexibility index (Phi) is 7.16. The van der Waals surface area contributed by atoms with Crippen LogP contribution >= 0.6 is 0 Å². The summed E-state index contributed by atoms with van der Waals surface area (Å²) in [6.07, 6.45) is 1.73. The summed E-state index contributed by atoms with van der Waals surface area (Å²) in [5, 5.41) is 6.07. The average molecular weight is 446 g/mol. The minimum Gasteiger partial charge on any atom is -0.369 e. The van der Waals surface area contributed by atoms with E-state index in [0.717, 1.165) is 49.7 Å². The molecule has 1 amide bonds. The lowest BCUT2D eigenvalue weighted by atomic mass is 10.1. The van der Waals surface area contributed by atoms with Crippen molar-refractivity contribution in [1.82, 2.24) is 14.9 Å². The summed E-state index contributed by atoms with van der Waals surface area (Å²) in [5.74, 6) is 0.316. The molecule has 8 nitrogen and oxygen atoms in total. The van der Waals surface area contributed by atoms with Gasteiger partial charge in [-0.3, -0.25) is 4.79 Å². The first-order valence-corrected chi connectivity index (χ1v) is 11.4. The zero-order valence-corrected chi connectivity index (χ0v) is 19.2. The van der Waals surface area contributed by atoms with Crippen molar-refractivity contribution in [3.8, 4) is 11.3 Å². The summed E-state index contributed by atoms with van der Waals surface area (Å²) >= 11 is 0. The van der Waals surface area contributed by atoms with Crippen molar-refractivity contribution in [3.63, 3.8) is 0 Å². The first-order chi connectivity index (χ1) is 16.0. The average Bonchev–Trinajstić information content (AvgIpc) is 2.85. The van der Waals surface area contributed by atoms with Crippen molar-refractivity contribution in [3.05, 3.63) is 60.8 Å². The molecule has 1 fully saturated rings. The topological polar surface area (TPSA) is 99.4 Å². The third kappa shape index (κ3) is 5.85. The molecule has 172 valence electrons. The van der Waals surface area contributed by atoms with Gasteiger partial charge in [0.2, 0.25) is 11.9 Å². The fraction of sp³-hybridized carbons (Fsp3) is 0.320. The Hall–Kier alpha value is -3.49. The minimum atomic E-state index is -0.555. The molecule has 1 saturated heterocycles. The molecule has 4 N–H and O–H groups in total. The van der Waals surface area contributed by atoms with Crippen molar-refractivity contribution in [2.75, 3.05) is 48.3 Å². The van der Waals surface area contributed by atoms with Gasteiger partial charge in [-0.05, 0) is 55.9 Å². The number of anilines is 4. The third-order valence-corrected chi connectivity index (χ3v) is 5.83. The van der Waals surface area contributed by atoms with Crippen LogP contribution in [0.3, 0.4) is 0 Å². The van der Waals surface area contributed by atoms with Gasteiger partial charge in [-0.2, -0.15) is 0 Å². The van der Waals surface area contributed by atoms with Crippen LogP contribution in [0.5, 0.6) is 0 Å². The molecule has 0 saturated carbocycles. The number of benzene rings is 2. The number of rotatable bonds is 7. The molecule has 1 aliphatic rings. The van der Waals surface area contributed by atoms with Crippen LogP contribution in [0, 0.1) is 0 Å². The predicted molar refractivity (Wildman–Crippen MR) is 134 cm³/mol. The smallest absolute Gasteiger partial charge is 0.240 e. The maximum Gasteiger partial charge on any atom is 0.240 e. The van der Waals surface area contributed by atoms with E-state index in [2.05, 4.69) is 61.6 Å². The number of hydrogen-bond acceptors (Lipinski definition) is 7. The van der Waals surface area contributed by atoms with Crippen LogP contribution in [-0.2, 0) is 4.79 Å². The number of nitrogens with two attached hydrogens (primary N) is 1. The van der Waals surface area contributed by atoms with E-state index in [1.54, 1.807) is 13.1 Å². The number of likely N-dealkylation sites (N-methyl/N-ethyl adjacent to an activating group) is 1. The lowest BCUT2D eigenvalue weighted by molar-refractivity contribution is -0.117. The summed E-state index contributed by atoms with van der Waals surface area (Å²) in [4.78, 5) is 25.6. The summed E-state index contributed by atoms with van der Waals surface area (Å²) in [5.41, 5.74) is 10.2. The van der Waals surface area contributed by atoms with E-state index in [1.807, 2.05) is 30.3 Å². The highest BCUT2D eigenvalue weighted by Gasteiger charge is 2.15. The number of hydrogen-bond donors (Lipinski definition) is 3. The van der Waals surface area contributed by atoms with Crippen molar-refractivity contribution < 1.29 is 4.79 Å². The Labute approximate surface area is 194 Å². The number of carbonyl (C=O) groups excluding carboxylic acids is 1. The molecular formula is C25H31N7O. The number of nitrogens with one attached hydrogen (secondary N) is 2. The van der Waals surface area contributed by atoms with E-state index in [-0.39, 0.29) is 5.91 Å². The number of carbonyl (C=O) groups is 1. The van der Waals surface area contributed by atoms with Gasteiger partial charge >= 0.3 is 0 Å². The SMILES string of the molecule is CCN1CCN(c2ccc(Nc3nccc(-c4ccc(NC(=O)[C@@H](C)N)cc4)n3)cc2)CC1. The largest absolute Gasteiger partial charge is 0.369 e. The van der Waals surface area contributed by atoms with Gasteiger partial charge in [-0.15, -0.1) is 0 Å². The Morgan fingerprint density at radius 1 is 1.00 bits per heavy atom. The number of piperazine rings is 1. The summed E-state index contributed by atoms with van der Waals surface area (Å²) in [6.45, 7) is 9.31. The molecule has 0 spiro atoms. The molecule has 0 radical (unpaired) electrons. The molecule has 1 aliphatic heterocycles. The van der Waals surface area contributed by atoms with E-state index in [1.165, 1.54) is 5.69 Å². The lowest BCUT2D eigenvalue weighted by Crippen LogP contribution is -2.46. The van der Waals surface area contributed by atoms with Crippen molar-refractivity contribution >= 4 is 28.9 Å². The van der Waals surface area contributed by atoms with Crippen LogP contribution in [0.4, 0.5) is 23.0 Å². The Bertz CT molecular complexity index is 1060. The molecule has 0 aliphatic carbocycles. The monoisotopic (exact) mass is 445 g/mol. The molecular weight excluding hydrogens is 414 g/mol. The first-order valence-electron chi connectivity index (χ1n) is 11.4. The second-order valence-electron chi connectivity index (χ2n) is 8.21. The van der Waals surface area contributed by atoms with Gasteiger partial charge in [0, 0.05) is 55.0 Å². The van der Waals surface area contributed by atoms with Crippen LogP contribution in [0.1, 0.15) is 13.8 Å². The molecule has 2 aromatic carbocycles. The standard InChI is InChI=1S/C25H31N7O/c1-3-31-14-16-32(17-15-31)22-10-8-21(9-11-22)29-25-27-13-12-23(30-25)19-4-6-20(7-5-19)28-24(33)18(2)26/h4-13,18H,3,14-17,26H2,1-2H3,(H,28,33)(H,27,29,30)/t18-/m1/s1. The van der Waals surface area contributed by atoms with Crippen molar-refractivity contribution in [1.29, 1.82) is 0 Å². The molecule has 3 aromatic rings. The molecule has 1 atom stereocenters. The van der Waals surface area contributed by atoms with Gasteiger partial charge < -0.3 is 26.2 Å². The van der Waals surface area contributed by atoms with Crippen LogP contribution in [0.2, 0.25) is 0 Å². The van der Waals surface area contributed by atoms with Gasteiger partial charge in [0.15, 0.2) is 0 Å². The molecule has 8 heteroatoms. The van der Waals surface area contributed by atoms with Crippen molar-refractivity contribution in [2.24, 2.45) is 5.73 Å². The van der Waals surface area contributed by atoms with E-state index in [0.29, 0.717) is 11.6 Å². The highest BCUT2D eigenvalue weighted by atomic mass is 16.2. The molecule has 0 bridgehead atoms. The van der Waals surface area contributed by atoms with Gasteiger partial charge in [-0.1, -0.05) is 19.1 Å².